The van der Waals surface area contributed by atoms with Gasteiger partial charge in [0.1, 0.15) is 5.60 Å². The number of carbonyl (C=O) groups excluding carboxylic acids is 2. The summed E-state index contributed by atoms with van der Waals surface area (Å²) >= 11 is 3.48. The minimum Gasteiger partial charge on any atom is -0.444 e. The molecule has 148 valence electrons. The van der Waals surface area contributed by atoms with Crippen molar-refractivity contribution in [2.24, 2.45) is 0 Å². The van der Waals surface area contributed by atoms with E-state index in [4.69, 9.17) is 4.74 Å². The summed E-state index contributed by atoms with van der Waals surface area (Å²) < 4.78 is 6.49. The normalized spacial score (nSPS) is 18.4. The molecule has 1 aromatic carbocycles. The maximum absolute atomic E-state index is 13.3. The zero-order chi connectivity index (χ0) is 20.1. The number of nitrogens with zero attached hydrogens (tertiary/aromatic N) is 3. The zero-order valence-corrected chi connectivity index (χ0v) is 18.0. The predicted octanol–water partition coefficient (Wildman–Crippen LogP) is 4.22. The lowest BCUT2D eigenvalue weighted by molar-refractivity contribution is -0.00570. The van der Waals surface area contributed by atoms with Crippen LogP contribution in [0.3, 0.4) is 0 Å². The summed E-state index contributed by atoms with van der Waals surface area (Å²) in [5.74, 6) is -0.0133. The van der Waals surface area contributed by atoms with Gasteiger partial charge in [-0.1, -0.05) is 15.9 Å². The Kier molecular flexibility index (Phi) is 4.61. The molecule has 1 saturated carbocycles. The Morgan fingerprint density at radius 1 is 1.18 bits per heavy atom. The van der Waals surface area contributed by atoms with Crippen molar-refractivity contribution in [1.29, 1.82) is 0 Å². The van der Waals surface area contributed by atoms with E-state index in [0.29, 0.717) is 25.2 Å². The van der Waals surface area contributed by atoms with E-state index >= 15 is 0 Å². The van der Waals surface area contributed by atoms with Crippen LogP contribution in [0.1, 0.15) is 44.0 Å². The largest absolute Gasteiger partial charge is 0.444 e. The Morgan fingerprint density at radius 2 is 1.93 bits per heavy atom. The standard InChI is InChI=1S/C21H24BrN3O3/c1-20(2,3)28-19(27)25-11-10-24(13-21(25)7-8-21)18(26)15-6-9-23-17-5-4-14(22)12-16(15)17/h4-6,9,12H,7-8,10-11,13H2,1-3H3. The van der Waals surface area contributed by atoms with E-state index in [1.807, 2.05) is 48.8 Å². The number of benzene rings is 1. The Labute approximate surface area is 173 Å². The smallest absolute Gasteiger partial charge is 0.410 e. The highest BCUT2D eigenvalue weighted by Crippen LogP contribution is 2.45. The molecule has 2 aliphatic rings. The molecule has 2 fully saturated rings. The molecule has 0 radical (unpaired) electrons. The van der Waals surface area contributed by atoms with Crippen molar-refractivity contribution in [3.05, 3.63) is 40.5 Å². The summed E-state index contributed by atoms with van der Waals surface area (Å²) in [4.78, 5) is 34.0. The molecule has 2 heterocycles. The van der Waals surface area contributed by atoms with E-state index in [9.17, 15) is 9.59 Å². The highest BCUT2D eigenvalue weighted by atomic mass is 79.9. The molecule has 7 heteroatoms. The predicted molar refractivity (Wildman–Crippen MR) is 110 cm³/mol. The number of hydrogen-bond donors (Lipinski definition) is 0. The molecule has 1 saturated heterocycles. The number of fused-ring (bicyclic) bond motifs is 1. The average Bonchev–Trinajstić information content (AvgIpc) is 3.38. The summed E-state index contributed by atoms with van der Waals surface area (Å²) in [5.41, 5.74) is 0.638. The third-order valence-electron chi connectivity index (χ3n) is 5.31. The molecule has 1 aromatic heterocycles. The number of rotatable bonds is 1. The molecule has 1 aliphatic carbocycles. The van der Waals surface area contributed by atoms with Gasteiger partial charge in [-0.25, -0.2) is 4.79 Å². The van der Waals surface area contributed by atoms with E-state index in [2.05, 4.69) is 20.9 Å². The second-order valence-electron chi connectivity index (χ2n) is 8.60. The first kappa shape index (κ1) is 19.2. The Balaban J connectivity index is 1.56. The van der Waals surface area contributed by atoms with Crippen LogP contribution in [0.2, 0.25) is 0 Å². The number of ether oxygens (including phenoxy) is 1. The van der Waals surface area contributed by atoms with Gasteiger partial charge in [-0.3, -0.25) is 14.7 Å². The van der Waals surface area contributed by atoms with Gasteiger partial charge >= 0.3 is 6.09 Å². The highest BCUT2D eigenvalue weighted by molar-refractivity contribution is 9.10. The van der Waals surface area contributed by atoms with Crippen molar-refractivity contribution in [3.8, 4) is 0 Å². The van der Waals surface area contributed by atoms with Crippen molar-refractivity contribution in [1.82, 2.24) is 14.8 Å². The maximum atomic E-state index is 13.3. The van der Waals surface area contributed by atoms with E-state index in [1.165, 1.54) is 0 Å². The van der Waals surface area contributed by atoms with Crippen LogP contribution >= 0.6 is 15.9 Å². The summed E-state index contributed by atoms with van der Waals surface area (Å²) in [6, 6.07) is 7.53. The van der Waals surface area contributed by atoms with Gasteiger partial charge in [0.05, 0.1) is 16.6 Å². The molecule has 4 rings (SSSR count). The van der Waals surface area contributed by atoms with Gasteiger partial charge in [0.2, 0.25) is 0 Å². The molecule has 2 aromatic rings. The molecule has 2 amide bonds. The molecule has 28 heavy (non-hydrogen) atoms. The van der Waals surface area contributed by atoms with Crippen molar-refractivity contribution >= 4 is 38.8 Å². The first-order valence-corrected chi connectivity index (χ1v) is 10.3. The molecule has 6 nitrogen and oxygen atoms in total. The Morgan fingerprint density at radius 3 is 2.61 bits per heavy atom. The highest BCUT2D eigenvalue weighted by Gasteiger charge is 2.55. The lowest BCUT2D eigenvalue weighted by atomic mass is 10.1. The number of amides is 2. The van der Waals surface area contributed by atoms with E-state index in [1.54, 1.807) is 12.3 Å². The zero-order valence-electron chi connectivity index (χ0n) is 16.4. The molecular weight excluding hydrogens is 422 g/mol. The fourth-order valence-corrected chi connectivity index (χ4v) is 4.16. The van der Waals surface area contributed by atoms with Crippen LogP contribution in [0.25, 0.3) is 10.9 Å². The second-order valence-corrected chi connectivity index (χ2v) is 9.52. The molecule has 1 aliphatic heterocycles. The fourth-order valence-electron chi connectivity index (χ4n) is 3.80. The van der Waals surface area contributed by atoms with Crippen LogP contribution in [0.4, 0.5) is 4.79 Å². The fraction of sp³-hybridized carbons (Fsp3) is 0.476. The SMILES string of the molecule is CC(C)(C)OC(=O)N1CCN(C(=O)c2ccnc3ccc(Br)cc23)CC12CC2. The minimum atomic E-state index is -0.524. The lowest BCUT2D eigenvalue weighted by Crippen LogP contribution is -2.59. The number of pyridine rings is 1. The van der Waals surface area contributed by atoms with Gasteiger partial charge in [0.25, 0.3) is 5.91 Å². The van der Waals surface area contributed by atoms with Crippen LogP contribution < -0.4 is 0 Å². The molecular formula is C21H24BrN3O3. The molecule has 0 unspecified atom stereocenters. The lowest BCUT2D eigenvalue weighted by Gasteiger charge is -2.42. The number of piperazine rings is 1. The third-order valence-corrected chi connectivity index (χ3v) is 5.81. The monoisotopic (exact) mass is 445 g/mol. The van der Waals surface area contributed by atoms with Gasteiger partial charge in [-0.15, -0.1) is 0 Å². The van der Waals surface area contributed by atoms with Gasteiger partial charge < -0.3 is 9.64 Å². The number of halogens is 1. The van der Waals surface area contributed by atoms with Gasteiger partial charge in [-0.05, 0) is 57.9 Å². The Hall–Kier alpha value is -2.15. The summed E-state index contributed by atoms with van der Waals surface area (Å²) in [5, 5.41) is 0.835. The van der Waals surface area contributed by atoms with Crippen molar-refractivity contribution in [3.63, 3.8) is 0 Å². The third kappa shape index (κ3) is 3.60. The van der Waals surface area contributed by atoms with Crippen LogP contribution in [-0.2, 0) is 4.74 Å². The average molecular weight is 446 g/mol. The van der Waals surface area contributed by atoms with Crippen molar-refractivity contribution in [2.75, 3.05) is 19.6 Å². The summed E-state index contributed by atoms with van der Waals surface area (Å²) in [6.45, 7) is 7.15. The molecule has 0 atom stereocenters. The molecule has 0 bridgehead atoms. The van der Waals surface area contributed by atoms with Crippen LogP contribution in [0.15, 0.2) is 34.9 Å². The number of hydrogen-bond acceptors (Lipinski definition) is 4. The van der Waals surface area contributed by atoms with Gasteiger partial charge in [-0.2, -0.15) is 0 Å². The van der Waals surface area contributed by atoms with Gasteiger partial charge in [0, 0.05) is 35.7 Å². The van der Waals surface area contributed by atoms with Gasteiger partial charge in [0.15, 0.2) is 0 Å². The molecule has 0 N–H and O–H groups in total. The van der Waals surface area contributed by atoms with E-state index in [-0.39, 0.29) is 17.5 Å². The van der Waals surface area contributed by atoms with Crippen molar-refractivity contribution in [2.45, 2.75) is 44.8 Å². The quantitative estimate of drug-likeness (QED) is 0.658. The summed E-state index contributed by atoms with van der Waals surface area (Å²) in [7, 11) is 0. The van der Waals surface area contributed by atoms with Crippen LogP contribution in [0.5, 0.6) is 0 Å². The van der Waals surface area contributed by atoms with Crippen LogP contribution in [-0.4, -0.2) is 57.6 Å². The summed E-state index contributed by atoms with van der Waals surface area (Å²) in [6.07, 6.45) is 3.19. The Bertz CT molecular complexity index is 950. The van der Waals surface area contributed by atoms with Crippen molar-refractivity contribution < 1.29 is 14.3 Å². The topological polar surface area (TPSA) is 62.7 Å². The molecule has 1 spiro atoms. The van der Waals surface area contributed by atoms with E-state index < -0.39 is 5.60 Å². The van der Waals surface area contributed by atoms with Crippen LogP contribution in [0, 0.1) is 0 Å². The first-order valence-electron chi connectivity index (χ1n) is 9.53. The first-order chi connectivity index (χ1) is 13.2. The minimum absolute atomic E-state index is 0.0133. The number of aromatic nitrogens is 1. The maximum Gasteiger partial charge on any atom is 0.410 e. The number of carbonyl (C=O) groups is 2. The second kappa shape index (κ2) is 6.72. The van der Waals surface area contributed by atoms with E-state index in [0.717, 1.165) is 28.2 Å².